The second-order valence-corrected chi connectivity index (χ2v) is 4.71. The standard InChI is InChI=1S/C15H11FN4O2/c1-9-12(15(21)22)6-10(11-4-2-3-5-13(11)16)7-14(9)20-8-17-18-19-20/h2-8H,1H3,(H,21,22). The molecule has 0 saturated carbocycles. The number of halogens is 1. The third-order valence-corrected chi connectivity index (χ3v) is 3.39. The highest BCUT2D eigenvalue weighted by molar-refractivity contribution is 5.92. The molecule has 0 fully saturated rings. The van der Waals surface area contributed by atoms with Crippen LogP contribution in [0, 0.1) is 12.7 Å². The number of aromatic carboxylic acids is 1. The molecule has 0 radical (unpaired) electrons. The van der Waals surface area contributed by atoms with Crippen LogP contribution >= 0.6 is 0 Å². The lowest BCUT2D eigenvalue weighted by atomic mass is 9.97. The number of carboxylic acids is 1. The molecule has 0 bridgehead atoms. The van der Waals surface area contributed by atoms with Gasteiger partial charge in [0.15, 0.2) is 0 Å². The number of carbonyl (C=O) groups is 1. The zero-order chi connectivity index (χ0) is 15.7. The topological polar surface area (TPSA) is 80.9 Å². The van der Waals surface area contributed by atoms with Gasteiger partial charge in [0, 0.05) is 5.56 Å². The van der Waals surface area contributed by atoms with Crippen LogP contribution in [0.4, 0.5) is 4.39 Å². The molecule has 0 aliphatic heterocycles. The fourth-order valence-electron chi connectivity index (χ4n) is 2.28. The maximum Gasteiger partial charge on any atom is 0.336 e. The molecule has 1 N–H and O–H groups in total. The number of aromatic nitrogens is 4. The number of tetrazole rings is 1. The first-order valence-electron chi connectivity index (χ1n) is 6.44. The van der Waals surface area contributed by atoms with E-state index in [2.05, 4.69) is 15.5 Å². The van der Waals surface area contributed by atoms with Gasteiger partial charge in [0.05, 0.1) is 11.3 Å². The van der Waals surface area contributed by atoms with Gasteiger partial charge in [0.2, 0.25) is 0 Å². The summed E-state index contributed by atoms with van der Waals surface area (Å²) in [5.74, 6) is -1.52. The maximum absolute atomic E-state index is 14.0. The molecule has 1 heterocycles. The first-order chi connectivity index (χ1) is 10.6. The number of hydrogen-bond acceptors (Lipinski definition) is 4. The van der Waals surface area contributed by atoms with E-state index in [9.17, 15) is 14.3 Å². The molecule has 3 aromatic rings. The third-order valence-electron chi connectivity index (χ3n) is 3.39. The van der Waals surface area contributed by atoms with Gasteiger partial charge in [-0.3, -0.25) is 0 Å². The predicted molar refractivity (Wildman–Crippen MR) is 76.2 cm³/mol. The molecule has 6 nitrogen and oxygen atoms in total. The van der Waals surface area contributed by atoms with Crippen molar-refractivity contribution in [2.75, 3.05) is 0 Å². The van der Waals surface area contributed by atoms with Crippen LogP contribution in [0.3, 0.4) is 0 Å². The van der Waals surface area contributed by atoms with Crippen molar-refractivity contribution >= 4 is 5.97 Å². The Hall–Kier alpha value is -3.09. The van der Waals surface area contributed by atoms with Gasteiger partial charge in [0.1, 0.15) is 12.1 Å². The molecule has 1 aromatic heterocycles. The van der Waals surface area contributed by atoms with E-state index in [0.717, 1.165) is 0 Å². The summed E-state index contributed by atoms with van der Waals surface area (Å²) in [7, 11) is 0. The van der Waals surface area contributed by atoms with E-state index >= 15 is 0 Å². The molecule has 0 spiro atoms. The van der Waals surface area contributed by atoms with Crippen molar-refractivity contribution in [3.63, 3.8) is 0 Å². The second-order valence-electron chi connectivity index (χ2n) is 4.71. The van der Waals surface area contributed by atoms with Crippen LogP contribution in [-0.4, -0.2) is 31.3 Å². The largest absolute Gasteiger partial charge is 0.478 e. The van der Waals surface area contributed by atoms with Crippen LogP contribution in [0.25, 0.3) is 16.8 Å². The van der Waals surface area contributed by atoms with Crippen LogP contribution < -0.4 is 0 Å². The fraction of sp³-hybridized carbons (Fsp3) is 0.0667. The summed E-state index contributed by atoms with van der Waals surface area (Å²) in [6.45, 7) is 1.66. The monoisotopic (exact) mass is 298 g/mol. The van der Waals surface area contributed by atoms with E-state index < -0.39 is 11.8 Å². The lowest BCUT2D eigenvalue weighted by Gasteiger charge is -2.12. The molecule has 0 unspecified atom stereocenters. The van der Waals surface area contributed by atoms with Crippen LogP contribution in [0.1, 0.15) is 15.9 Å². The van der Waals surface area contributed by atoms with Crippen molar-refractivity contribution in [3.8, 4) is 16.8 Å². The van der Waals surface area contributed by atoms with Gasteiger partial charge in [-0.05, 0) is 46.7 Å². The SMILES string of the molecule is Cc1c(C(=O)O)cc(-c2ccccc2F)cc1-n1cnnn1. The van der Waals surface area contributed by atoms with Crippen LogP contribution in [0.15, 0.2) is 42.7 Å². The summed E-state index contributed by atoms with van der Waals surface area (Å²) >= 11 is 0. The molecule has 0 saturated heterocycles. The molecule has 0 amide bonds. The van der Waals surface area contributed by atoms with Gasteiger partial charge in [-0.25, -0.2) is 13.9 Å². The number of benzene rings is 2. The van der Waals surface area contributed by atoms with E-state index in [4.69, 9.17) is 0 Å². The first kappa shape index (κ1) is 13.9. The average Bonchev–Trinajstić information content (AvgIpc) is 3.02. The van der Waals surface area contributed by atoms with E-state index in [-0.39, 0.29) is 5.56 Å². The summed E-state index contributed by atoms with van der Waals surface area (Å²) in [4.78, 5) is 11.5. The molecule has 110 valence electrons. The van der Waals surface area contributed by atoms with E-state index in [1.165, 1.54) is 23.1 Å². The van der Waals surface area contributed by atoms with E-state index in [0.29, 0.717) is 22.4 Å². The fourth-order valence-corrected chi connectivity index (χ4v) is 2.28. The lowest BCUT2D eigenvalue weighted by molar-refractivity contribution is 0.0696. The molecule has 3 rings (SSSR count). The Morgan fingerprint density at radius 1 is 1.27 bits per heavy atom. The van der Waals surface area contributed by atoms with Gasteiger partial charge in [-0.15, -0.1) is 5.10 Å². The Morgan fingerprint density at radius 2 is 2.05 bits per heavy atom. The van der Waals surface area contributed by atoms with Crippen molar-refractivity contribution < 1.29 is 14.3 Å². The van der Waals surface area contributed by atoms with Crippen molar-refractivity contribution in [1.82, 2.24) is 20.2 Å². The molecule has 7 heteroatoms. The molecule has 0 aliphatic carbocycles. The molecular weight excluding hydrogens is 287 g/mol. The van der Waals surface area contributed by atoms with Crippen molar-refractivity contribution in [1.29, 1.82) is 0 Å². The minimum Gasteiger partial charge on any atom is -0.478 e. The second kappa shape index (κ2) is 5.36. The Bertz CT molecular complexity index is 847. The lowest BCUT2D eigenvalue weighted by Crippen LogP contribution is -2.07. The summed E-state index contributed by atoms with van der Waals surface area (Å²) in [5.41, 5.74) is 1.83. The normalized spacial score (nSPS) is 10.6. The Balaban J connectivity index is 2.29. The van der Waals surface area contributed by atoms with Gasteiger partial charge in [-0.1, -0.05) is 18.2 Å². The highest BCUT2D eigenvalue weighted by atomic mass is 19.1. The summed E-state index contributed by atoms with van der Waals surface area (Å²) in [6.07, 6.45) is 1.36. The number of hydrogen-bond donors (Lipinski definition) is 1. The molecule has 0 atom stereocenters. The summed E-state index contributed by atoms with van der Waals surface area (Å²) in [6, 6.07) is 9.30. The predicted octanol–water partition coefficient (Wildman–Crippen LogP) is 2.48. The minimum atomic E-state index is -1.09. The van der Waals surface area contributed by atoms with Gasteiger partial charge in [0.25, 0.3) is 0 Å². The molecule has 22 heavy (non-hydrogen) atoms. The van der Waals surface area contributed by atoms with Crippen molar-refractivity contribution in [2.45, 2.75) is 6.92 Å². The van der Waals surface area contributed by atoms with Crippen LogP contribution in [-0.2, 0) is 0 Å². The molecule has 2 aromatic carbocycles. The number of rotatable bonds is 3. The Morgan fingerprint density at radius 3 is 2.68 bits per heavy atom. The first-order valence-corrected chi connectivity index (χ1v) is 6.44. The smallest absolute Gasteiger partial charge is 0.336 e. The minimum absolute atomic E-state index is 0.0752. The van der Waals surface area contributed by atoms with Crippen molar-refractivity contribution in [2.24, 2.45) is 0 Å². The Labute approximate surface area is 124 Å². The molecule has 0 aliphatic rings. The average molecular weight is 298 g/mol. The summed E-state index contributed by atoms with van der Waals surface area (Å²) in [5, 5.41) is 20.2. The highest BCUT2D eigenvalue weighted by Crippen LogP contribution is 2.29. The van der Waals surface area contributed by atoms with Gasteiger partial charge < -0.3 is 5.11 Å². The molecular formula is C15H11FN4O2. The zero-order valence-corrected chi connectivity index (χ0v) is 11.6. The van der Waals surface area contributed by atoms with Gasteiger partial charge >= 0.3 is 5.97 Å². The van der Waals surface area contributed by atoms with Crippen molar-refractivity contribution in [3.05, 3.63) is 59.7 Å². The maximum atomic E-state index is 14.0. The zero-order valence-electron chi connectivity index (χ0n) is 11.6. The quantitative estimate of drug-likeness (QED) is 0.803. The highest BCUT2D eigenvalue weighted by Gasteiger charge is 2.17. The summed E-state index contributed by atoms with van der Waals surface area (Å²) < 4.78 is 15.3. The Kier molecular flexibility index (Phi) is 3.38. The van der Waals surface area contributed by atoms with Gasteiger partial charge in [-0.2, -0.15) is 0 Å². The third kappa shape index (κ3) is 2.32. The number of nitrogens with zero attached hydrogens (tertiary/aromatic N) is 4. The van der Waals surface area contributed by atoms with Crippen LogP contribution in [0.2, 0.25) is 0 Å². The van der Waals surface area contributed by atoms with E-state index in [1.54, 1.807) is 31.2 Å². The van der Waals surface area contributed by atoms with Crippen LogP contribution in [0.5, 0.6) is 0 Å². The van der Waals surface area contributed by atoms with E-state index in [1.807, 2.05) is 0 Å². The number of carboxylic acid groups (broad SMARTS) is 1.